The summed E-state index contributed by atoms with van der Waals surface area (Å²) in [7, 11) is -1.87. The van der Waals surface area contributed by atoms with Crippen LogP contribution in [0, 0.1) is 17.8 Å². The quantitative estimate of drug-likeness (QED) is 0.540. The van der Waals surface area contributed by atoms with Crippen molar-refractivity contribution in [2.75, 3.05) is 0 Å². The Bertz CT molecular complexity index is 585. The minimum atomic E-state index is -1.87. The molecular weight excluding hydrogens is 336 g/mol. The van der Waals surface area contributed by atoms with Gasteiger partial charge in [-0.15, -0.1) is 0 Å². The van der Waals surface area contributed by atoms with Crippen molar-refractivity contribution in [2.24, 2.45) is 17.8 Å². The third-order valence-corrected chi connectivity index (χ3v) is 6.45. The highest BCUT2D eigenvalue weighted by atomic mass is 28.4. The second-order valence-corrected chi connectivity index (χ2v) is 13.7. The lowest BCUT2D eigenvalue weighted by Gasteiger charge is -2.51. The predicted molar refractivity (Wildman–Crippen MR) is 96.8 cm³/mol. The lowest BCUT2D eigenvalue weighted by Crippen LogP contribution is -2.57. The summed E-state index contributed by atoms with van der Waals surface area (Å²) < 4.78 is 24.2. The van der Waals surface area contributed by atoms with Gasteiger partial charge in [-0.25, -0.2) is 4.79 Å². The molecule has 1 fully saturated rings. The molecule has 0 aromatic carbocycles. The van der Waals surface area contributed by atoms with Crippen molar-refractivity contribution >= 4 is 14.3 Å². The SMILES string of the molecule is CC1C2=C(OC(C)(C)OC2=O)OC(C)(O[Si](C)(C)C)C1C1CCCC1. The Morgan fingerprint density at radius 2 is 1.64 bits per heavy atom. The van der Waals surface area contributed by atoms with Crippen LogP contribution in [-0.2, 0) is 23.4 Å². The molecule has 6 heteroatoms. The van der Waals surface area contributed by atoms with Gasteiger partial charge in [-0.3, -0.25) is 0 Å². The molecule has 142 valence electrons. The molecule has 3 unspecified atom stereocenters. The molecule has 2 aliphatic heterocycles. The summed E-state index contributed by atoms with van der Waals surface area (Å²) in [6, 6.07) is 0. The van der Waals surface area contributed by atoms with Crippen LogP contribution in [0.25, 0.3) is 0 Å². The Balaban J connectivity index is 2.03. The average molecular weight is 369 g/mol. The first kappa shape index (κ1) is 18.8. The van der Waals surface area contributed by atoms with E-state index in [-0.39, 0.29) is 17.8 Å². The lowest BCUT2D eigenvalue weighted by molar-refractivity contribution is -0.292. The molecule has 0 N–H and O–H groups in total. The van der Waals surface area contributed by atoms with Crippen molar-refractivity contribution in [1.82, 2.24) is 0 Å². The van der Waals surface area contributed by atoms with Gasteiger partial charge in [0.1, 0.15) is 5.57 Å². The monoisotopic (exact) mass is 368 g/mol. The smallest absolute Gasteiger partial charge is 0.344 e. The summed E-state index contributed by atoms with van der Waals surface area (Å²) in [4.78, 5) is 12.6. The molecule has 3 rings (SSSR count). The Hall–Kier alpha value is -1.01. The first-order chi connectivity index (χ1) is 11.4. The van der Waals surface area contributed by atoms with Crippen LogP contribution in [0.15, 0.2) is 11.5 Å². The molecule has 3 atom stereocenters. The largest absolute Gasteiger partial charge is 0.433 e. The normalized spacial score (nSPS) is 35.7. The van der Waals surface area contributed by atoms with Gasteiger partial charge < -0.3 is 18.6 Å². The van der Waals surface area contributed by atoms with Crippen LogP contribution >= 0.6 is 0 Å². The maximum absolute atomic E-state index is 12.6. The van der Waals surface area contributed by atoms with Gasteiger partial charge in [0, 0.05) is 32.6 Å². The second kappa shape index (κ2) is 6.01. The molecule has 2 heterocycles. The fraction of sp³-hybridized carbons (Fsp3) is 0.842. The zero-order valence-corrected chi connectivity index (χ0v) is 17.6. The van der Waals surface area contributed by atoms with Crippen molar-refractivity contribution in [3.05, 3.63) is 11.5 Å². The molecule has 5 nitrogen and oxygen atoms in total. The van der Waals surface area contributed by atoms with Crippen LogP contribution in [0.5, 0.6) is 0 Å². The van der Waals surface area contributed by atoms with E-state index in [0.29, 0.717) is 17.4 Å². The zero-order chi connectivity index (χ0) is 18.6. The van der Waals surface area contributed by atoms with Gasteiger partial charge in [0.15, 0.2) is 8.32 Å². The van der Waals surface area contributed by atoms with E-state index in [9.17, 15) is 4.79 Å². The summed E-state index contributed by atoms with van der Waals surface area (Å²) in [5.74, 6) is -1.22. The van der Waals surface area contributed by atoms with Gasteiger partial charge >= 0.3 is 5.97 Å². The van der Waals surface area contributed by atoms with E-state index in [0.717, 1.165) is 12.8 Å². The number of hydrogen-bond donors (Lipinski definition) is 0. The Morgan fingerprint density at radius 1 is 1.04 bits per heavy atom. The number of esters is 1. The molecule has 0 aromatic heterocycles. The van der Waals surface area contributed by atoms with Crippen LogP contribution < -0.4 is 0 Å². The molecule has 0 bridgehead atoms. The third-order valence-electron chi connectivity index (χ3n) is 5.43. The van der Waals surface area contributed by atoms with Gasteiger partial charge in [0.25, 0.3) is 11.7 Å². The summed E-state index contributed by atoms with van der Waals surface area (Å²) >= 11 is 0. The maximum atomic E-state index is 12.6. The number of carbonyl (C=O) groups is 1. The Kier molecular flexibility index (Phi) is 4.51. The van der Waals surface area contributed by atoms with Crippen LogP contribution in [0.1, 0.15) is 53.4 Å². The summed E-state index contributed by atoms with van der Waals surface area (Å²) in [5.41, 5.74) is 0.535. The van der Waals surface area contributed by atoms with Gasteiger partial charge in [-0.2, -0.15) is 0 Å². The fourth-order valence-electron chi connectivity index (χ4n) is 4.84. The maximum Gasteiger partial charge on any atom is 0.344 e. The number of ether oxygens (including phenoxy) is 3. The van der Waals surface area contributed by atoms with Crippen molar-refractivity contribution in [1.29, 1.82) is 0 Å². The minimum absolute atomic E-state index is 0.0169. The first-order valence-electron chi connectivity index (χ1n) is 9.47. The van der Waals surface area contributed by atoms with Crippen molar-refractivity contribution in [3.8, 4) is 0 Å². The minimum Gasteiger partial charge on any atom is -0.433 e. The van der Waals surface area contributed by atoms with E-state index in [1.54, 1.807) is 13.8 Å². The molecule has 0 spiro atoms. The molecule has 1 saturated carbocycles. The van der Waals surface area contributed by atoms with Crippen LogP contribution in [0.2, 0.25) is 19.6 Å². The molecular formula is C19H32O5Si. The van der Waals surface area contributed by atoms with E-state index < -0.39 is 19.9 Å². The highest BCUT2D eigenvalue weighted by Crippen LogP contribution is 2.52. The van der Waals surface area contributed by atoms with Crippen molar-refractivity contribution < 1.29 is 23.4 Å². The third kappa shape index (κ3) is 3.61. The number of rotatable bonds is 3. The average Bonchev–Trinajstić information content (AvgIpc) is 2.86. The van der Waals surface area contributed by atoms with Crippen molar-refractivity contribution in [3.63, 3.8) is 0 Å². The van der Waals surface area contributed by atoms with E-state index in [1.165, 1.54) is 12.8 Å². The number of cyclic esters (lactones) is 1. The lowest BCUT2D eigenvalue weighted by atomic mass is 9.72. The number of carbonyl (C=O) groups excluding carboxylic acids is 1. The molecule has 0 aromatic rings. The molecule has 25 heavy (non-hydrogen) atoms. The van der Waals surface area contributed by atoms with E-state index in [1.807, 2.05) is 6.92 Å². The standard InChI is InChI=1S/C19H32O5Si/c1-12-14-16(20)21-18(2,3)22-17(14)23-19(4,24-25(5,6)7)15(12)13-10-8-9-11-13/h12-13,15H,8-11H2,1-7H3. The van der Waals surface area contributed by atoms with E-state index >= 15 is 0 Å². The van der Waals surface area contributed by atoms with E-state index in [4.69, 9.17) is 18.6 Å². The molecule has 0 saturated heterocycles. The highest BCUT2D eigenvalue weighted by Gasteiger charge is 2.57. The molecule has 3 aliphatic rings. The highest BCUT2D eigenvalue weighted by molar-refractivity contribution is 6.69. The Morgan fingerprint density at radius 3 is 2.20 bits per heavy atom. The molecule has 1 aliphatic carbocycles. The van der Waals surface area contributed by atoms with Gasteiger partial charge in [0.05, 0.1) is 0 Å². The van der Waals surface area contributed by atoms with Gasteiger partial charge in [-0.1, -0.05) is 19.8 Å². The van der Waals surface area contributed by atoms with Gasteiger partial charge in [0.2, 0.25) is 5.79 Å². The summed E-state index contributed by atoms with van der Waals surface area (Å²) in [5, 5.41) is 0. The van der Waals surface area contributed by atoms with E-state index in [2.05, 4.69) is 26.6 Å². The molecule has 0 radical (unpaired) electrons. The van der Waals surface area contributed by atoms with Crippen molar-refractivity contribution in [2.45, 2.75) is 84.6 Å². The summed E-state index contributed by atoms with van der Waals surface area (Å²) in [6.45, 7) is 14.1. The first-order valence-corrected chi connectivity index (χ1v) is 12.9. The van der Waals surface area contributed by atoms with Crippen LogP contribution in [0.3, 0.4) is 0 Å². The van der Waals surface area contributed by atoms with Crippen LogP contribution in [0.4, 0.5) is 0 Å². The fourth-order valence-corrected chi connectivity index (χ4v) is 6.24. The molecule has 0 amide bonds. The second-order valence-electron chi connectivity index (χ2n) is 9.28. The number of hydrogen-bond acceptors (Lipinski definition) is 5. The topological polar surface area (TPSA) is 54.0 Å². The van der Waals surface area contributed by atoms with Gasteiger partial charge in [-0.05, 0) is 38.4 Å². The zero-order valence-electron chi connectivity index (χ0n) is 16.6. The van der Waals surface area contributed by atoms with Crippen LogP contribution in [-0.4, -0.2) is 25.9 Å². The Labute approximate surface area is 152 Å². The summed E-state index contributed by atoms with van der Waals surface area (Å²) in [6.07, 6.45) is 4.79. The predicted octanol–water partition coefficient (Wildman–Crippen LogP) is 4.55.